The molecule has 2 nitrogen and oxygen atoms in total. The van der Waals surface area contributed by atoms with Crippen LogP contribution in [-0.2, 0) is 0 Å². The van der Waals surface area contributed by atoms with Crippen molar-refractivity contribution in [1.29, 1.82) is 0 Å². The normalized spacial score (nSPS) is 11.9. The lowest BCUT2D eigenvalue weighted by Crippen LogP contribution is -2.15. The Morgan fingerprint density at radius 2 is 1.14 bits per heavy atom. The SMILES string of the molecule is Cc1ccc(C(c2ccc(N(C)C)cc2)c2c(N(C)c3ccccc3)ccc3ccccc23)cc1. The number of anilines is 3. The van der Waals surface area contributed by atoms with Crippen LogP contribution in [0.3, 0.4) is 0 Å². The third-order valence-electron chi connectivity index (χ3n) is 6.89. The predicted molar refractivity (Wildman–Crippen MR) is 151 cm³/mol. The van der Waals surface area contributed by atoms with Crippen molar-refractivity contribution in [3.63, 3.8) is 0 Å². The van der Waals surface area contributed by atoms with E-state index in [0.29, 0.717) is 0 Å². The zero-order valence-corrected chi connectivity index (χ0v) is 20.9. The molecule has 0 spiro atoms. The topological polar surface area (TPSA) is 6.48 Å². The number of fused-ring (bicyclic) bond motifs is 1. The number of para-hydroxylation sites is 1. The summed E-state index contributed by atoms with van der Waals surface area (Å²) >= 11 is 0. The second-order valence-corrected chi connectivity index (χ2v) is 9.44. The second kappa shape index (κ2) is 9.68. The summed E-state index contributed by atoms with van der Waals surface area (Å²) in [6.45, 7) is 2.15. The monoisotopic (exact) mass is 456 g/mol. The molecule has 0 aromatic heterocycles. The maximum absolute atomic E-state index is 2.32. The molecular weight excluding hydrogens is 424 g/mol. The van der Waals surface area contributed by atoms with E-state index in [1.807, 2.05) is 0 Å². The van der Waals surface area contributed by atoms with Gasteiger partial charge < -0.3 is 9.80 Å². The molecule has 0 heterocycles. The molecule has 0 fully saturated rings. The van der Waals surface area contributed by atoms with Gasteiger partial charge in [-0.1, -0.05) is 90.5 Å². The average Bonchev–Trinajstić information content (AvgIpc) is 2.90. The van der Waals surface area contributed by atoms with Crippen LogP contribution >= 0.6 is 0 Å². The van der Waals surface area contributed by atoms with E-state index in [1.54, 1.807) is 0 Å². The van der Waals surface area contributed by atoms with Crippen LogP contribution in [0.25, 0.3) is 10.8 Å². The molecule has 0 amide bonds. The minimum atomic E-state index is 0.0964. The Labute approximate surface area is 209 Å². The number of nitrogens with zero attached hydrogens (tertiary/aromatic N) is 2. The number of hydrogen-bond acceptors (Lipinski definition) is 2. The van der Waals surface area contributed by atoms with Crippen molar-refractivity contribution in [2.45, 2.75) is 12.8 Å². The van der Waals surface area contributed by atoms with Gasteiger partial charge in [-0.15, -0.1) is 0 Å². The molecule has 1 unspecified atom stereocenters. The maximum atomic E-state index is 2.32. The van der Waals surface area contributed by atoms with Gasteiger partial charge in [0.25, 0.3) is 0 Å². The Hall–Kier alpha value is -4.04. The van der Waals surface area contributed by atoms with Crippen LogP contribution in [0.4, 0.5) is 17.1 Å². The quantitative estimate of drug-likeness (QED) is 0.238. The van der Waals surface area contributed by atoms with E-state index in [4.69, 9.17) is 0 Å². The molecule has 5 aromatic rings. The van der Waals surface area contributed by atoms with Gasteiger partial charge in [-0.05, 0) is 64.7 Å². The highest BCUT2D eigenvalue weighted by molar-refractivity contribution is 5.93. The van der Waals surface area contributed by atoms with Crippen molar-refractivity contribution in [2.24, 2.45) is 0 Å². The molecule has 1 atom stereocenters. The summed E-state index contributed by atoms with van der Waals surface area (Å²) in [5.41, 5.74) is 8.79. The summed E-state index contributed by atoms with van der Waals surface area (Å²) in [7, 11) is 6.35. The Morgan fingerprint density at radius 3 is 1.80 bits per heavy atom. The van der Waals surface area contributed by atoms with E-state index in [0.717, 1.165) is 0 Å². The average molecular weight is 457 g/mol. The molecule has 0 aliphatic heterocycles. The molecule has 0 aliphatic carbocycles. The minimum Gasteiger partial charge on any atom is -0.378 e. The fourth-order valence-corrected chi connectivity index (χ4v) is 4.92. The van der Waals surface area contributed by atoms with Crippen molar-refractivity contribution in [2.75, 3.05) is 30.9 Å². The fourth-order valence-electron chi connectivity index (χ4n) is 4.92. The molecule has 0 N–H and O–H groups in total. The standard InChI is InChI=1S/C33H32N2/c1-24-14-16-26(17-15-24)32(27-18-21-28(22-19-27)34(2)3)33-30-13-9-8-10-25(30)20-23-31(33)35(4)29-11-6-5-7-12-29/h5-23,32H,1-4H3. The van der Waals surface area contributed by atoms with Gasteiger partial charge in [-0.25, -0.2) is 0 Å². The van der Waals surface area contributed by atoms with Gasteiger partial charge in [0.1, 0.15) is 0 Å². The van der Waals surface area contributed by atoms with E-state index in [-0.39, 0.29) is 5.92 Å². The fraction of sp³-hybridized carbons (Fsp3) is 0.152. The third-order valence-corrected chi connectivity index (χ3v) is 6.89. The molecule has 174 valence electrons. The maximum Gasteiger partial charge on any atom is 0.0456 e. The zero-order valence-electron chi connectivity index (χ0n) is 20.9. The predicted octanol–water partition coefficient (Wildman–Crippen LogP) is 8.16. The van der Waals surface area contributed by atoms with Gasteiger partial charge in [-0.3, -0.25) is 0 Å². The summed E-state index contributed by atoms with van der Waals surface area (Å²) in [4.78, 5) is 4.47. The lowest BCUT2D eigenvalue weighted by atomic mass is 9.81. The van der Waals surface area contributed by atoms with E-state index < -0.39 is 0 Å². The lowest BCUT2D eigenvalue weighted by Gasteiger charge is -2.29. The van der Waals surface area contributed by atoms with Crippen LogP contribution in [0.15, 0.2) is 115 Å². The van der Waals surface area contributed by atoms with Crippen molar-refractivity contribution in [1.82, 2.24) is 0 Å². The van der Waals surface area contributed by atoms with Gasteiger partial charge in [0.15, 0.2) is 0 Å². The largest absolute Gasteiger partial charge is 0.378 e. The second-order valence-electron chi connectivity index (χ2n) is 9.44. The Balaban J connectivity index is 1.79. The molecule has 0 radical (unpaired) electrons. The summed E-state index contributed by atoms with van der Waals surface area (Å²) in [6, 6.07) is 41.9. The summed E-state index contributed by atoms with van der Waals surface area (Å²) < 4.78 is 0. The number of aryl methyl sites for hydroxylation is 1. The first-order valence-electron chi connectivity index (χ1n) is 12.2. The van der Waals surface area contributed by atoms with Crippen LogP contribution in [0, 0.1) is 6.92 Å². The Bertz CT molecular complexity index is 1420. The van der Waals surface area contributed by atoms with Crippen LogP contribution in [0.2, 0.25) is 0 Å². The molecule has 35 heavy (non-hydrogen) atoms. The van der Waals surface area contributed by atoms with Crippen LogP contribution < -0.4 is 9.80 Å². The first-order valence-corrected chi connectivity index (χ1v) is 12.2. The molecule has 5 rings (SSSR count). The molecular formula is C33H32N2. The van der Waals surface area contributed by atoms with Gasteiger partial charge in [0.2, 0.25) is 0 Å². The summed E-state index contributed by atoms with van der Waals surface area (Å²) in [5.74, 6) is 0.0964. The summed E-state index contributed by atoms with van der Waals surface area (Å²) in [5, 5.41) is 2.55. The number of rotatable bonds is 6. The smallest absolute Gasteiger partial charge is 0.0456 e. The van der Waals surface area contributed by atoms with Gasteiger partial charge in [-0.2, -0.15) is 0 Å². The molecule has 2 heteroatoms. The van der Waals surface area contributed by atoms with Gasteiger partial charge in [0.05, 0.1) is 0 Å². The van der Waals surface area contributed by atoms with Crippen LogP contribution in [0.5, 0.6) is 0 Å². The first-order chi connectivity index (χ1) is 17.0. The van der Waals surface area contributed by atoms with Gasteiger partial charge >= 0.3 is 0 Å². The van der Waals surface area contributed by atoms with E-state index in [1.165, 1.54) is 50.1 Å². The summed E-state index contributed by atoms with van der Waals surface area (Å²) in [6.07, 6.45) is 0. The highest BCUT2D eigenvalue weighted by Crippen LogP contribution is 2.43. The van der Waals surface area contributed by atoms with Crippen molar-refractivity contribution in [3.05, 3.63) is 138 Å². The van der Waals surface area contributed by atoms with E-state index in [9.17, 15) is 0 Å². The molecule has 0 aliphatic rings. The molecule has 0 saturated heterocycles. The third kappa shape index (κ3) is 4.52. The van der Waals surface area contributed by atoms with E-state index in [2.05, 4.69) is 153 Å². The van der Waals surface area contributed by atoms with Crippen LogP contribution in [-0.4, -0.2) is 21.1 Å². The highest BCUT2D eigenvalue weighted by atomic mass is 15.1. The zero-order chi connectivity index (χ0) is 24.4. The van der Waals surface area contributed by atoms with E-state index >= 15 is 0 Å². The Kier molecular flexibility index (Phi) is 6.29. The van der Waals surface area contributed by atoms with Crippen molar-refractivity contribution < 1.29 is 0 Å². The molecule has 5 aromatic carbocycles. The minimum absolute atomic E-state index is 0.0964. The molecule has 0 bridgehead atoms. The highest BCUT2D eigenvalue weighted by Gasteiger charge is 2.24. The van der Waals surface area contributed by atoms with Crippen molar-refractivity contribution in [3.8, 4) is 0 Å². The van der Waals surface area contributed by atoms with Crippen molar-refractivity contribution >= 4 is 27.8 Å². The molecule has 0 saturated carbocycles. The van der Waals surface area contributed by atoms with Gasteiger partial charge in [0, 0.05) is 44.1 Å². The first kappa shape index (κ1) is 22.7. The van der Waals surface area contributed by atoms with Crippen LogP contribution in [0.1, 0.15) is 28.2 Å². The number of hydrogen-bond donors (Lipinski definition) is 0. The Morgan fingerprint density at radius 1 is 0.543 bits per heavy atom. The lowest BCUT2D eigenvalue weighted by molar-refractivity contribution is 0.974. The number of benzene rings is 5.